The average Bonchev–Trinajstić information content (AvgIpc) is 3.87. The second-order valence-electron chi connectivity index (χ2n) is 12.6. The van der Waals surface area contributed by atoms with Crippen LogP contribution < -0.4 is 5.73 Å². The number of nitrogens with two attached hydrogens (primary N) is 1. The molecule has 0 saturated carbocycles. The van der Waals surface area contributed by atoms with Gasteiger partial charge in [-0.15, -0.1) is 5.10 Å². The summed E-state index contributed by atoms with van der Waals surface area (Å²) in [6.07, 6.45) is 12.1. The highest BCUT2D eigenvalue weighted by atomic mass is 35.5. The molecule has 1 amide bonds. The van der Waals surface area contributed by atoms with E-state index in [9.17, 15) is 14.4 Å². The van der Waals surface area contributed by atoms with E-state index in [1.807, 2.05) is 24.0 Å². The van der Waals surface area contributed by atoms with Crippen molar-refractivity contribution in [2.24, 2.45) is 5.73 Å². The first kappa shape index (κ1) is 34.6. The number of carbonyl (C=O) groups excluding carboxylic acids is 1. The lowest BCUT2D eigenvalue weighted by atomic mass is 9.80. The monoisotopic (exact) mass is 692 g/mol. The number of nitrogens with one attached hydrogen (secondary N) is 1. The van der Waals surface area contributed by atoms with Gasteiger partial charge in [0.1, 0.15) is 18.0 Å². The average molecular weight is 693 g/mol. The van der Waals surface area contributed by atoms with E-state index in [0.29, 0.717) is 34.2 Å². The van der Waals surface area contributed by atoms with Gasteiger partial charge in [-0.2, -0.15) is 5.26 Å². The van der Waals surface area contributed by atoms with Crippen LogP contribution in [0.2, 0.25) is 0 Å². The number of hydrogen-bond acceptors (Lipinski definition) is 8. The summed E-state index contributed by atoms with van der Waals surface area (Å²) < 4.78 is 15.7. The van der Waals surface area contributed by atoms with Gasteiger partial charge in [0.15, 0.2) is 0 Å². The highest BCUT2D eigenvalue weighted by molar-refractivity contribution is 6.31. The SMILES string of the molecule is C=C\C(Cl)=C/C(/C=C/C(=O)N1CC(N2CCC(N)CC2)CC(c2ccc(F)cc2)C1c1ncc(-c2ccc(C#N)cc2)[nH]1)=C(\C)n1cnnn1. The van der Waals surface area contributed by atoms with Crippen molar-refractivity contribution in [1.29, 1.82) is 5.26 Å². The molecule has 6 rings (SSSR count). The maximum Gasteiger partial charge on any atom is 0.247 e. The Hall–Kier alpha value is -5.22. The van der Waals surface area contributed by atoms with Crippen LogP contribution in [0, 0.1) is 17.1 Å². The van der Waals surface area contributed by atoms with Crippen LogP contribution in [0.5, 0.6) is 0 Å². The van der Waals surface area contributed by atoms with Gasteiger partial charge in [-0.25, -0.2) is 14.1 Å². The topological polar surface area (TPSA) is 146 Å². The molecule has 50 heavy (non-hydrogen) atoms. The third-order valence-electron chi connectivity index (χ3n) is 9.53. The number of imidazole rings is 1. The molecular formula is C37H38ClFN10O. The number of hydrogen-bond donors (Lipinski definition) is 2. The predicted molar refractivity (Wildman–Crippen MR) is 190 cm³/mol. The summed E-state index contributed by atoms with van der Waals surface area (Å²) in [4.78, 5) is 27.1. The van der Waals surface area contributed by atoms with E-state index < -0.39 is 6.04 Å². The molecule has 4 heterocycles. The van der Waals surface area contributed by atoms with E-state index in [1.165, 1.54) is 35.3 Å². The number of carbonyl (C=O) groups is 1. The summed E-state index contributed by atoms with van der Waals surface area (Å²) in [6.45, 7) is 7.68. The Labute approximate surface area is 295 Å². The second kappa shape index (κ2) is 15.6. The molecule has 11 nitrogen and oxygen atoms in total. The van der Waals surface area contributed by atoms with Crippen molar-refractivity contribution in [3.05, 3.63) is 125 Å². The summed E-state index contributed by atoms with van der Waals surface area (Å²) >= 11 is 6.37. The summed E-state index contributed by atoms with van der Waals surface area (Å²) in [6, 6.07) is 15.6. The lowest BCUT2D eigenvalue weighted by molar-refractivity contribution is -0.132. The number of allylic oxidation sites excluding steroid dienone is 6. The lowest BCUT2D eigenvalue weighted by Crippen LogP contribution is -2.55. The number of likely N-dealkylation sites (tertiary alicyclic amines) is 2. The standard InChI is InChI=1S/C37H38ClFN10O/c1-3-29(38)18-28(24(2)49-23-43-45-46-49)10-13-35(50)48-22-32(47-16-14-31(41)15-17-47)19-33(26-8-11-30(39)12-9-26)36(48)37-42-21-34(44-37)27-6-4-25(20-40)5-7-27/h3-13,18,21,23,31-33,36H,1,14-17,19,22,41H2,2H3,(H,42,44)/b13-10+,28-24+,29-18+. The number of aromatic amines is 1. The van der Waals surface area contributed by atoms with Crippen LogP contribution in [0.3, 0.4) is 0 Å². The zero-order valence-corrected chi connectivity index (χ0v) is 28.4. The Morgan fingerprint density at radius 1 is 1.14 bits per heavy atom. The maximum absolute atomic E-state index is 14.5. The minimum absolute atomic E-state index is 0.0344. The molecule has 2 aliphatic heterocycles. The highest BCUT2D eigenvalue weighted by Crippen LogP contribution is 2.44. The Balaban J connectivity index is 1.43. The Kier molecular flexibility index (Phi) is 10.8. The number of piperidine rings is 2. The molecule has 0 radical (unpaired) electrons. The lowest BCUT2D eigenvalue weighted by Gasteiger charge is -2.48. The first-order valence-electron chi connectivity index (χ1n) is 16.5. The van der Waals surface area contributed by atoms with Crippen LogP contribution in [-0.4, -0.2) is 77.6 Å². The predicted octanol–water partition coefficient (Wildman–Crippen LogP) is 5.72. The van der Waals surface area contributed by atoms with Crippen molar-refractivity contribution in [1.82, 2.24) is 40.0 Å². The van der Waals surface area contributed by atoms with Crippen LogP contribution >= 0.6 is 11.6 Å². The first-order valence-corrected chi connectivity index (χ1v) is 16.8. The van der Waals surface area contributed by atoms with E-state index >= 15 is 0 Å². The Morgan fingerprint density at radius 3 is 2.54 bits per heavy atom. The van der Waals surface area contributed by atoms with E-state index in [2.05, 4.69) is 38.1 Å². The quantitative estimate of drug-likeness (QED) is 0.167. The van der Waals surface area contributed by atoms with Crippen molar-refractivity contribution < 1.29 is 9.18 Å². The van der Waals surface area contributed by atoms with E-state index in [1.54, 1.807) is 42.6 Å². The molecule has 2 fully saturated rings. The maximum atomic E-state index is 14.5. The minimum atomic E-state index is -0.506. The number of H-pyrrole nitrogens is 1. The molecule has 0 bridgehead atoms. The zero-order valence-electron chi connectivity index (χ0n) is 27.7. The summed E-state index contributed by atoms with van der Waals surface area (Å²) in [5.74, 6) is -0.171. The van der Waals surface area contributed by atoms with Gasteiger partial charge in [0.05, 0.1) is 29.6 Å². The number of amides is 1. The summed E-state index contributed by atoms with van der Waals surface area (Å²) in [5.41, 5.74) is 10.6. The molecule has 3 unspecified atom stereocenters. The normalized spacial score (nSPS) is 21.2. The largest absolute Gasteiger partial charge is 0.340 e. The first-order chi connectivity index (χ1) is 24.2. The number of rotatable bonds is 9. The van der Waals surface area contributed by atoms with Gasteiger partial charge >= 0.3 is 0 Å². The number of nitriles is 1. The van der Waals surface area contributed by atoms with Crippen LogP contribution in [0.25, 0.3) is 17.0 Å². The molecular weight excluding hydrogens is 655 g/mol. The zero-order chi connectivity index (χ0) is 35.2. The molecule has 0 aliphatic carbocycles. The van der Waals surface area contributed by atoms with Gasteiger partial charge in [0.2, 0.25) is 5.91 Å². The van der Waals surface area contributed by atoms with Gasteiger partial charge in [-0.05, 0) is 103 Å². The van der Waals surface area contributed by atoms with E-state index in [4.69, 9.17) is 22.3 Å². The molecule has 2 aromatic carbocycles. The molecule has 13 heteroatoms. The van der Waals surface area contributed by atoms with Crippen LogP contribution in [0.4, 0.5) is 4.39 Å². The van der Waals surface area contributed by atoms with Gasteiger partial charge in [0.25, 0.3) is 0 Å². The third kappa shape index (κ3) is 7.81. The van der Waals surface area contributed by atoms with Gasteiger partial charge in [0, 0.05) is 41.4 Å². The molecule has 0 spiro atoms. The van der Waals surface area contributed by atoms with Crippen LogP contribution in [-0.2, 0) is 4.79 Å². The number of tetrazole rings is 1. The third-order valence-corrected chi connectivity index (χ3v) is 9.79. The van der Waals surface area contributed by atoms with Crippen molar-refractivity contribution >= 4 is 23.2 Å². The van der Waals surface area contributed by atoms with Crippen molar-refractivity contribution in [2.45, 2.75) is 50.2 Å². The molecule has 3 atom stereocenters. The van der Waals surface area contributed by atoms with Crippen molar-refractivity contribution in [2.75, 3.05) is 19.6 Å². The van der Waals surface area contributed by atoms with E-state index in [0.717, 1.165) is 49.2 Å². The van der Waals surface area contributed by atoms with Gasteiger partial charge < -0.3 is 15.6 Å². The molecule has 256 valence electrons. The fourth-order valence-corrected chi connectivity index (χ4v) is 6.86. The molecule has 2 saturated heterocycles. The van der Waals surface area contributed by atoms with E-state index in [-0.39, 0.29) is 29.7 Å². The summed E-state index contributed by atoms with van der Waals surface area (Å²) in [7, 11) is 0. The number of nitrogens with zero attached hydrogens (tertiary/aromatic N) is 8. The fraction of sp³-hybridized carbons (Fsp3) is 0.297. The summed E-state index contributed by atoms with van der Waals surface area (Å²) in [5, 5.41) is 21.1. The molecule has 2 aliphatic rings. The fourth-order valence-electron chi connectivity index (χ4n) is 6.74. The Bertz CT molecular complexity index is 1930. The van der Waals surface area contributed by atoms with Gasteiger partial charge in [-0.1, -0.05) is 48.5 Å². The Morgan fingerprint density at radius 2 is 1.88 bits per heavy atom. The number of benzene rings is 2. The van der Waals surface area contributed by atoms with Crippen LogP contribution in [0.1, 0.15) is 55.1 Å². The highest BCUT2D eigenvalue weighted by Gasteiger charge is 2.43. The smallest absolute Gasteiger partial charge is 0.247 e. The van der Waals surface area contributed by atoms with Gasteiger partial charge in [-0.3, -0.25) is 9.69 Å². The molecule has 4 aromatic rings. The minimum Gasteiger partial charge on any atom is -0.340 e. The molecule has 2 aromatic heterocycles. The number of halogens is 2. The second-order valence-corrected chi connectivity index (χ2v) is 13.0. The van der Waals surface area contributed by atoms with Crippen molar-refractivity contribution in [3.8, 4) is 17.3 Å². The molecule has 3 N–H and O–H groups in total. The van der Waals surface area contributed by atoms with Crippen LogP contribution in [0.15, 0.2) is 103 Å². The number of aromatic nitrogens is 6. The van der Waals surface area contributed by atoms with Crippen molar-refractivity contribution in [3.63, 3.8) is 0 Å².